The number of hydrogen-bond acceptors (Lipinski definition) is 8. The Kier molecular flexibility index (Phi) is 6.25. The topological polar surface area (TPSA) is 123 Å². The number of alkyl halides is 1. The SMILES string of the molecule is C[C@@]1(O)[C@@H](CC2CCC(Cl)CC2CO)O[C@@H](N2CCC3C(N)NCNC32)[C@@H]1O. The van der Waals surface area contributed by atoms with E-state index in [1.54, 1.807) is 6.92 Å². The molecule has 10 atom stereocenters. The predicted octanol–water partition coefficient (Wildman–Crippen LogP) is -0.688. The van der Waals surface area contributed by atoms with Crippen LogP contribution in [0.1, 0.15) is 39.0 Å². The van der Waals surface area contributed by atoms with E-state index in [2.05, 4.69) is 15.5 Å². The van der Waals surface area contributed by atoms with Crippen molar-refractivity contribution in [3.63, 3.8) is 0 Å². The zero-order valence-corrected chi connectivity index (χ0v) is 17.3. The molecule has 1 saturated carbocycles. The lowest BCUT2D eigenvalue weighted by molar-refractivity contribution is -0.111. The summed E-state index contributed by atoms with van der Waals surface area (Å²) in [6, 6.07) is 0. The van der Waals surface area contributed by atoms with Gasteiger partial charge in [0.15, 0.2) is 0 Å². The maximum atomic E-state index is 11.1. The van der Waals surface area contributed by atoms with Crippen LogP contribution in [0, 0.1) is 17.8 Å². The molecule has 0 radical (unpaired) electrons. The van der Waals surface area contributed by atoms with E-state index in [9.17, 15) is 15.3 Å². The molecule has 6 unspecified atom stereocenters. The van der Waals surface area contributed by atoms with Gasteiger partial charge in [-0.15, -0.1) is 11.6 Å². The number of fused-ring (bicyclic) bond motifs is 1. The highest BCUT2D eigenvalue weighted by atomic mass is 35.5. The van der Waals surface area contributed by atoms with Gasteiger partial charge in [0.25, 0.3) is 0 Å². The van der Waals surface area contributed by atoms with Crippen LogP contribution < -0.4 is 16.4 Å². The molecule has 4 rings (SSSR count). The maximum absolute atomic E-state index is 11.1. The monoisotopic (exact) mass is 418 g/mol. The first kappa shape index (κ1) is 21.2. The van der Waals surface area contributed by atoms with Crippen LogP contribution in [-0.4, -0.2) is 81.8 Å². The van der Waals surface area contributed by atoms with Gasteiger partial charge in [-0.1, -0.05) is 0 Å². The second-order valence-corrected chi connectivity index (χ2v) is 9.90. The van der Waals surface area contributed by atoms with Gasteiger partial charge >= 0.3 is 0 Å². The van der Waals surface area contributed by atoms with E-state index >= 15 is 0 Å². The van der Waals surface area contributed by atoms with Crippen molar-refractivity contribution >= 4 is 11.6 Å². The van der Waals surface area contributed by atoms with Crippen LogP contribution in [0.4, 0.5) is 0 Å². The molecule has 28 heavy (non-hydrogen) atoms. The Morgan fingerprint density at radius 2 is 2.04 bits per heavy atom. The van der Waals surface area contributed by atoms with Crippen LogP contribution in [-0.2, 0) is 4.74 Å². The number of aliphatic hydroxyl groups is 3. The van der Waals surface area contributed by atoms with E-state index < -0.39 is 24.0 Å². The highest BCUT2D eigenvalue weighted by molar-refractivity contribution is 6.20. The van der Waals surface area contributed by atoms with Gasteiger partial charge in [0, 0.05) is 31.1 Å². The van der Waals surface area contributed by atoms with Crippen LogP contribution in [0.25, 0.3) is 0 Å². The molecule has 9 heteroatoms. The van der Waals surface area contributed by atoms with E-state index in [1.165, 1.54) is 0 Å². The van der Waals surface area contributed by atoms with Gasteiger partial charge in [0.05, 0.1) is 18.4 Å². The van der Waals surface area contributed by atoms with Crippen LogP contribution in [0.2, 0.25) is 0 Å². The summed E-state index contributed by atoms with van der Waals surface area (Å²) in [6.45, 7) is 3.14. The highest BCUT2D eigenvalue weighted by Crippen LogP contribution is 2.43. The number of aliphatic hydroxyl groups excluding tert-OH is 2. The van der Waals surface area contributed by atoms with Gasteiger partial charge in [0.1, 0.15) is 17.9 Å². The minimum atomic E-state index is -1.34. The molecule has 4 fully saturated rings. The number of hydrogen-bond donors (Lipinski definition) is 6. The molecule has 0 amide bonds. The summed E-state index contributed by atoms with van der Waals surface area (Å²) >= 11 is 6.28. The van der Waals surface area contributed by atoms with Crippen molar-refractivity contribution in [3.05, 3.63) is 0 Å². The third kappa shape index (κ3) is 3.72. The van der Waals surface area contributed by atoms with E-state index in [-0.39, 0.29) is 42.1 Å². The Morgan fingerprint density at radius 3 is 2.79 bits per heavy atom. The van der Waals surface area contributed by atoms with Gasteiger partial charge < -0.3 is 25.8 Å². The van der Waals surface area contributed by atoms with Crippen molar-refractivity contribution in [2.75, 3.05) is 19.8 Å². The quantitative estimate of drug-likeness (QED) is 0.332. The largest absolute Gasteiger partial charge is 0.396 e. The summed E-state index contributed by atoms with van der Waals surface area (Å²) in [4.78, 5) is 2.11. The Labute approximate surface area is 171 Å². The summed E-state index contributed by atoms with van der Waals surface area (Å²) in [5, 5.41) is 38.5. The average molecular weight is 419 g/mol. The van der Waals surface area contributed by atoms with Crippen LogP contribution >= 0.6 is 11.6 Å². The molecule has 3 aliphatic heterocycles. The second kappa shape index (κ2) is 8.24. The minimum Gasteiger partial charge on any atom is -0.396 e. The molecule has 0 aromatic rings. The van der Waals surface area contributed by atoms with Crippen molar-refractivity contribution in [2.24, 2.45) is 23.5 Å². The minimum absolute atomic E-state index is 0.0299. The molecule has 162 valence electrons. The molecule has 0 bridgehead atoms. The third-order valence-corrected chi connectivity index (χ3v) is 7.97. The summed E-state index contributed by atoms with van der Waals surface area (Å²) in [5.41, 5.74) is 4.86. The van der Waals surface area contributed by atoms with Crippen LogP contribution in [0.5, 0.6) is 0 Å². The molecule has 0 aromatic heterocycles. The first-order chi connectivity index (χ1) is 13.3. The zero-order chi connectivity index (χ0) is 20.1. The predicted molar refractivity (Wildman–Crippen MR) is 105 cm³/mol. The molecule has 4 aliphatic rings. The van der Waals surface area contributed by atoms with Crippen molar-refractivity contribution in [3.8, 4) is 0 Å². The average Bonchev–Trinajstić information content (AvgIpc) is 3.18. The fourth-order valence-corrected chi connectivity index (χ4v) is 6.05. The number of rotatable bonds is 4. The smallest absolute Gasteiger partial charge is 0.141 e. The fraction of sp³-hybridized carbons (Fsp3) is 1.00. The van der Waals surface area contributed by atoms with Crippen molar-refractivity contribution in [1.29, 1.82) is 0 Å². The molecule has 3 heterocycles. The zero-order valence-electron chi connectivity index (χ0n) is 16.5. The molecule has 1 aliphatic carbocycles. The number of likely N-dealkylation sites (tertiary alicyclic amines) is 1. The molecule has 7 N–H and O–H groups in total. The lowest BCUT2D eigenvalue weighted by Gasteiger charge is -2.39. The Hall–Kier alpha value is -0.0300. The fourth-order valence-electron chi connectivity index (χ4n) is 5.70. The lowest BCUT2D eigenvalue weighted by Crippen LogP contribution is -2.64. The molecular formula is C19H35ClN4O4. The van der Waals surface area contributed by atoms with Crippen LogP contribution in [0.3, 0.4) is 0 Å². The summed E-state index contributed by atoms with van der Waals surface area (Å²) < 4.78 is 6.29. The summed E-state index contributed by atoms with van der Waals surface area (Å²) in [6.07, 6.45) is 2.04. The molecule has 0 spiro atoms. The number of halogens is 1. The highest BCUT2D eigenvalue weighted by Gasteiger charge is 2.57. The van der Waals surface area contributed by atoms with Crippen molar-refractivity contribution < 1.29 is 20.1 Å². The summed E-state index contributed by atoms with van der Waals surface area (Å²) in [5.74, 6) is 0.595. The lowest BCUT2D eigenvalue weighted by atomic mass is 9.74. The van der Waals surface area contributed by atoms with E-state index in [1.807, 2.05) is 0 Å². The number of nitrogens with zero attached hydrogens (tertiary/aromatic N) is 1. The number of ether oxygens (including phenoxy) is 1. The molecule has 3 saturated heterocycles. The van der Waals surface area contributed by atoms with Gasteiger partial charge in [-0.05, 0) is 50.9 Å². The van der Waals surface area contributed by atoms with E-state index in [0.717, 1.165) is 32.2 Å². The first-order valence-electron chi connectivity index (χ1n) is 10.6. The Balaban J connectivity index is 1.46. The maximum Gasteiger partial charge on any atom is 0.141 e. The summed E-state index contributed by atoms with van der Waals surface area (Å²) in [7, 11) is 0. The molecule has 8 nitrogen and oxygen atoms in total. The van der Waals surface area contributed by atoms with Crippen molar-refractivity contribution in [2.45, 2.75) is 80.8 Å². The standard InChI is InChI=1S/C19H35ClN4O4/c1-19(27)14(7-10-2-3-12(20)6-11(10)8-25)28-18(15(19)26)24-5-4-13-16(21)22-9-23-17(13)24/h10-18,22-23,25-27H,2-9,21H2,1H3/t10?,11?,12?,13?,14-,15+,16?,17?,18-,19-/m1/s1. The van der Waals surface area contributed by atoms with Gasteiger partial charge in [-0.2, -0.15) is 0 Å². The third-order valence-electron chi connectivity index (χ3n) is 7.57. The Morgan fingerprint density at radius 1 is 1.25 bits per heavy atom. The number of nitrogens with one attached hydrogen (secondary N) is 2. The van der Waals surface area contributed by atoms with Gasteiger partial charge in [-0.3, -0.25) is 15.5 Å². The van der Waals surface area contributed by atoms with Crippen molar-refractivity contribution in [1.82, 2.24) is 15.5 Å². The first-order valence-corrected chi connectivity index (χ1v) is 11.1. The van der Waals surface area contributed by atoms with Crippen LogP contribution in [0.15, 0.2) is 0 Å². The number of nitrogens with two attached hydrogens (primary N) is 1. The van der Waals surface area contributed by atoms with Gasteiger partial charge in [0.2, 0.25) is 0 Å². The second-order valence-electron chi connectivity index (χ2n) is 9.28. The molecule has 0 aromatic carbocycles. The van der Waals surface area contributed by atoms with E-state index in [0.29, 0.717) is 13.1 Å². The molecular weight excluding hydrogens is 384 g/mol. The van der Waals surface area contributed by atoms with E-state index in [4.69, 9.17) is 22.1 Å². The Bertz CT molecular complexity index is 556. The normalized spacial score (nSPS) is 52.7. The van der Waals surface area contributed by atoms with Gasteiger partial charge in [-0.25, -0.2) is 0 Å².